The molecule has 0 bridgehead atoms. The van der Waals surface area contributed by atoms with Crippen LogP contribution in [0.3, 0.4) is 0 Å². The Labute approximate surface area is 178 Å². The van der Waals surface area contributed by atoms with Crippen LogP contribution in [-0.2, 0) is 4.79 Å². The van der Waals surface area contributed by atoms with Gasteiger partial charge in [0, 0.05) is 19.1 Å². The summed E-state index contributed by atoms with van der Waals surface area (Å²) in [4.78, 5) is 30.6. The van der Waals surface area contributed by atoms with E-state index in [2.05, 4.69) is 10.2 Å². The molecule has 1 unspecified atom stereocenters. The molecule has 2 aliphatic rings. The van der Waals surface area contributed by atoms with E-state index in [1.54, 1.807) is 37.1 Å². The fourth-order valence-corrected chi connectivity index (χ4v) is 4.81. The van der Waals surface area contributed by atoms with Gasteiger partial charge in [-0.2, -0.15) is 11.8 Å². The van der Waals surface area contributed by atoms with Crippen molar-refractivity contribution in [3.8, 4) is 5.75 Å². The zero-order chi connectivity index (χ0) is 20.6. The second-order valence-corrected chi connectivity index (χ2v) is 8.79. The molecule has 3 rings (SSSR count). The van der Waals surface area contributed by atoms with Crippen molar-refractivity contribution in [1.82, 2.24) is 15.1 Å². The molecule has 1 aromatic rings. The number of likely N-dealkylation sites (tertiary alicyclic amines) is 2. The lowest BCUT2D eigenvalue weighted by molar-refractivity contribution is -0.134. The Kier molecular flexibility index (Phi) is 8.24. The molecule has 2 fully saturated rings. The number of rotatable bonds is 8. The fraction of sp³-hybridized carbons (Fsp3) is 0.636. The first kappa shape index (κ1) is 22.0. The van der Waals surface area contributed by atoms with E-state index in [0.717, 1.165) is 31.7 Å². The molecule has 1 N–H and O–H groups in total. The smallest absolute Gasteiger partial charge is 0.255 e. The van der Waals surface area contributed by atoms with Crippen molar-refractivity contribution in [2.75, 3.05) is 45.3 Å². The number of benzene rings is 1. The summed E-state index contributed by atoms with van der Waals surface area (Å²) in [5, 5.41) is 2.97. The number of amides is 2. The van der Waals surface area contributed by atoms with Gasteiger partial charge in [-0.3, -0.25) is 9.59 Å². The lowest BCUT2D eigenvalue weighted by Crippen LogP contribution is -2.53. The number of carbonyl (C=O) groups excluding carboxylic acids is 2. The van der Waals surface area contributed by atoms with Gasteiger partial charge in [0.25, 0.3) is 5.91 Å². The second-order valence-electron chi connectivity index (χ2n) is 7.81. The quantitative estimate of drug-likeness (QED) is 0.702. The van der Waals surface area contributed by atoms with Gasteiger partial charge in [-0.25, -0.2) is 0 Å². The average molecular weight is 420 g/mol. The Morgan fingerprint density at radius 1 is 1.17 bits per heavy atom. The third-order valence-corrected chi connectivity index (χ3v) is 6.64. The summed E-state index contributed by atoms with van der Waals surface area (Å²) in [5.41, 5.74) is 0.463. The molecule has 0 radical (unpaired) electrons. The highest BCUT2D eigenvalue weighted by Gasteiger charge is 2.32. The van der Waals surface area contributed by atoms with Crippen molar-refractivity contribution in [2.24, 2.45) is 0 Å². The molecule has 2 heterocycles. The molecule has 29 heavy (non-hydrogen) atoms. The molecule has 0 spiro atoms. The van der Waals surface area contributed by atoms with E-state index in [0.29, 0.717) is 23.8 Å². The van der Waals surface area contributed by atoms with E-state index in [1.807, 2.05) is 17.2 Å². The minimum Gasteiger partial charge on any atom is -0.496 e. The number of nitrogens with one attached hydrogen (secondary N) is 1. The van der Waals surface area contributed by atoms with Crippen molar-refractivity contribution in [2.45, 2.75) is 44.2 Å². The summed E-state index contributed by atoms with van der Waals surface area (Å²) >= 11 is 1.69. The minimum atomic E-state index is -0.497. The number of thioether (sulfide) groups is 1. The topological polar surface area (TPSA) is 61.9 Å². The van der Waals surface area contributed by atoms with Crippen LogP contribution >= 0.6 is 11.8 Å². The number of hydrogen-bond donors (Lipinski definition) is 1. The Morgan fingerprint density at radius 2 is 1.86 bits per heavy atom. The fourth-order valence-electron chi connectivity index (χ4n) is 4.34. The molecule has 0 aromatic heterocycles. The number of ether oxygens (including phenoxy) is 1. The van der Waals surface area contributed by atoms with Crippen LogP contribution in [-0.4, -0.2) is 79.0 Å². The number of para-hydroxylation sites is 1. The molecule has 0 saturated carbocycles. The summed E-state index contributed by atoms with van der Waals surface area (Å²) in [5.74, 6) is 1.14. The predicted octanol–water partition coefficient (Wildman–Crippen LogP) is 2.63. The maximum atomic E-state index is 13.2. The molecule has 2 saturated heterocycles. The van der Waals surface area contributed by atoms with Gasteiger partial charge in [-0.15, -0.1) is 0 Å². The van der Waals surface area contributed by atoms with Crippen molar-refractivity contribution in [3.63, 3.8) is 0 Å². The number of piperidine rings is 1. The number of hydrogen-bond acceptors (Lipinski definition) is 5. The standard InChI is InChI=1S/C22H33N3O3S/c1-28-20-8-4-3-7-18(20)21(26)23-19(11-16-29-2)22(27)25-14-9-17(10-15-25)24-12-5-6-13-24/h3-4,7-8,17,19H,5-6,9-16H2,1-2H3,(H,23,26). The first-order chi connectivity index (χ1) is 14.1. The Morgan fingerprint density at radius 3 is 2.52 bits per heavy atom. The molecular formula is C22H33N3O3S. The van der Waals surface area contributed by atoms with Gasteiger partial charge in [-0.05, 0) is 69.3 Å². The highest BCUT2D eigenvalue weighted by Crippen LogP contribution is 2.22. The zero-order valence-corrected chi connectivity index (χ0v) is 18.4. The largest absolute Gasteiger partial charge is 0.496 e. The van der Waals surface area contributed by atoms with Crippen molar-refractivity contribution >= 4 is 23.6 Å². The Balaban J connectivity index is 1.61. The van der Waals surface area contributed by atoms with Gasteiger partial charge in [0.15, 0.2) is 0 Å². The minimum absolute atomic E-state index is 0.0437. The predicted molar refractivity (Wildman–Crippen MR) is 118 cm³/mol. The molecule has 160 valence electrons. The van der Waals surface area contributed by atoms with E-state index >= 15 is 0 Å². The average Bonchev–Trinajstić information content (AvgIpc) is 3.31. The third-order valence-electron chi connectivity index (χ3n) is 6.00. The monoisotopic (exact) mass is 419 g/mol. The summed E-state index contributed by atoms with van der Waals surface area (Å²) in [6.07, 6.45) is 7.30. The van der Waals surface area contributed by atoms with E-state index < -0.39 is 6.04 Å². The number of nitrogens with zero attached hydrogens (tertiary/aromatic N) is 2. The van der Waals surface area contributed by atoms with E-state index in [9.17, 15) is 9.59 Å². The van der Waals surface area contributed by atoms with E-state index in [-0.39, 0.29) is 11.8 Å². The summed E-state index contributed by atoms with van der Waals surface area (Å²) in [6, 6.07) is 7.23. The molecule has 2 aliphatic heterocycles. The lowest BCUT2D eigenvalue weighted by Gasteiger charge is -2.38. The van der Waals surface area contributed by atoms with Crippen LogP contribution in [0.2, 0.25) is 0 Å². The molecular weight excluding hydrogens is 386 g/mol. The molecule has 0 aliphatic carbocycles. The van der Waals surface area contributed by atoms with Crippen LogP contribution in [0.5, 0.6) is 5.75 Å². The van der Waals surface area contributed by atoms with Crippen molar-refractivity contribution in [1.29, 1.82) is 0 Å². The lowest BCUT2D eigenvalue weighted by atomic mass is 10.0. The highest BCUT2D eigenvalue weighted by molar-refractivity contribution is 7.98. The van der Waals surface area contributed by atoms with Crippen LogP contribution in [0.25, 0.3) is 0 Å². The van der Waals surface area contributed by atoms with Gasteiger partial charge in [-0.1, -0.05) is 12.1 Å². The van der Waals surface area contributed by atoms with E-state index in [4.69, 9.17) is 4.74 Å². The number of methoxy groups -OCH3 is 1. The Hall–Kier alpha value is -1.73. The van der Waals surface area contributed by atoms with Gasteiger partial charge < -0.3 is 19.9 Å². The van der Waals surface area contributed by atoms with Crippen LogP contribution in [0.15, 0.2) is 24.3 Å². The Bertz CT molecular complexity index is 686. The second kappa shape index (κ2) is 10.9. The van der Waals surface area contributed by atoms with Crippen molar-refractivity contribution < 1.29 is 14.3 Å². The van der Waals surface area contributed by atoms with Crippen molar-refractivity contribution in [3.05, 3.63) is 29.8 Å². The van der Waals surface area contributed by atoms with Crippen LogP contribution in [0, 0.1) is 0 Å². The molecule has 1 aromatic carbocycles. The summed E-state index contributed by atoms with van der Waals surface area (Å²) < 4.78 is 5.30. The number of carbonyl (C=O) groups is 2. The van der Waals surface area contributed by atoms with Gasteiger partial charge in [0.1, 0.15) is 11.8 Å². The normalized spacial score (nSPS) is 19.2. The zero-order valence-electron chi connectivity index (χ0n) is 17.6. The van der Waals surface area contributed by atoms with Gasteiger partial charge >= 0.3 is 0 Å². The first-order valence-electron chi connectivity index (χ1n) is 10.6. The summed E-state index contributed by atoms with van der Waals surface area (Å²) in [7, 11) is 1.55. The maximum absolute atomic E-state index is 13.2. The molecule has 1 atom stereocenters. The van der Waals surface area contributed by atoms with Crippen LogP contribution in [0.4, 0.5) is 0 Å². The summed E-state index contributed by atoms with van der Waals surface area (Å²) in [6.45, 7) is 3.95. The maximum Gasteiger partial charge on any atom is 0.255 e. The molecule has 7 heteroatoms. The van der Waals surface area contributed by atoms with Crippen LogP contribution in [0.1, 0.15) is 42.5 Å². The van der Waals surface area contributed by atoms with Gasteiger partial charge in [0.2, 0.25) is 5.91 Å². The van der Waals surface area contributed by atoms with Gasteiger partial charge in [0.05, 0.1) is 12.7 Å². The first-order valence-corrected chi connectivity index (χ1v) is 12.0. The van der Waals surface area contributed by atoms with E-state index in [1.165, 1.54) is 25.9 Å². The SMILES string of the molecule is COc1ccccc1C(=O)NC(CCSC)C(=O)N1CCC(N2CCCC2)CC1. The highest BCUT2D eigenvalue weighted by atomic mass is 32.2. The third kappa shape index (κ3) is 5.66. The molecule has 6 nitrogen and oxygen atoms in total. The molecule has 2 amide bonds. The van der Waals surface area contributed by atoms with Crippen LogP contribution < -0.4 is 10.1 Å².